The van der Waals surface area contributed by atoms with E-state index < -0.39 is 0 Å². The van der Waals surface area contributed by atoms with E-state index >= 15 is 0 Å². The highest BCUT2D eigenvalue weighted by atomic mass is 16.5. The van der Waals surface area contributed by atoms with Crippen LogP contribution in [0.3, 0.4) is 0 Å². The van der Waals surface area contributed by atoms with Crippen molar-refractivity contribution < 1.29 is 4.74 Å². The molecule has 2 rings (SSSR count). The number of likely N-dealkylation sites (tertiary alicyclic amines) is 1. The third kappa shape index (κ3) is 3.44. The zero-order valence-corrected chi connectivity index (χ0v) is 10.6. The van der Waals surface area contributed by atoms with Crippen LogP contribution < -0.4 is 5.73 Å². The smallest absolute Gasteiger partial charge is 0.0484 e. The van der Waals surface area contributed by atoms with Gasteiger partial charge in [-0.3, -0.25) is 0 Å². The molecule has 0 amide bonds. The molecule has 0 spiro atoms. The Bertz CT molecular complexity index is 214. The normalized spacial score (nSPS) is 32.2. The van der Waals surface area contributed by atoms with Gasteiger partial charge >= 0.3 is 0 Å². The summed E-state index contributed by atoms with van der Waals surface area (Å²) in [4.78, 5) is 2.58. The molecule has 94 valence electrons. The molecule has 0 aromatic carbocycles. The fourth-order valence-corrected chi connectivity index (χ4v) is 2.86. The summed E-state index contributed by atoms with van der Waals surface area (Å²) in [5.41, 5.74) is 6.47. The Kier molecular flexibility index (Phi) is 4.22. The van der Waals surface area contributed by atoms with Crippen LogP contribution in [0.1, 0.15) is 39.0 Å². The predicted octanol–water partition coefficient (Wildman–Crippen LogP) is 1.62. The van der Waals surface area contributed by atoms with Gasteiger partial charge in [-0.05, 0) is 51.1 Å². The van der Waals surface area contributed by atoms with Gasteiger partial charge in [0.2, 0.25) is 0 Å². The minimum atomic E-state index is 0.0197. The van der Waals surface area contributed by atoms with E-state index in [2.05, 4.69) is 11.8 Å². The van der Waals surface area contributed by atoms with Crippen molar-refractivity contribution in [2.75, 3.05) is 32.8 Å². The molecule has 2 aliphatic rings. The maximum atomic E-state index is 6.45. The molecule has 2 heterocycles. The van der Waals surface area contributed by atoms with Crippen LogP contribution in [-0.4, -0.2) is 43.3 Å². The highest BCUT2D eigenvalue weighted by molar-refractivity contribution is 4.90. The van der Waals surface area contributed by atoms with E-state index in [0.29, 0.717) is 0 Å². The van der Waals surface area contributed by atoms with Gasteiger partial charge in [-0.2, -0.15) is 0 Å². The number of hydrogen-bond donors (Lipinski definition) is 1. The fraction of sp³-hybridized carbons (Fsp3) is 1.00. The second-order valence-corrected chi connectivity index (χ2v) is 5.79. The summed E-state index contributed by atoms with van der Waals surface area (Å²) < 4.78 is 5.40. The van der Waals surface area contributed by atoms with Crippen molar-refractivity contribution in [1.29, 1.82) is 0 Å². The number of ether oxygens (including phenoxy) is 1. The standard InChI is InChI=1S/C13H26N2O/c1-12-3-2-7-15(8-4-12)11-13(14)5-9-16-10-6-13/h12H,2-11,14H2,1H3. The van der Waals surface area contributed by atoms with Gasteiger partial charge in [0.1, 0.15) is 0 Å². The van der Waals surface area contributed by atoms with Crippen LogP contribution in [0, 0.1) is 5.92 Å². The molecule has 0 saturated carbocycles. The van der Waals surface area contributed by atoms with E-state index in [1.54, 1.807) is 0 Å². The van der Waals surface area contributed by atoms with E-state index in [-0.39, 0.29) is 5.54 Å². The molecular weight excluding hydrogens is 200 g/mol. The molecule has 0 radical (unpaired) electrons. The van der Waals surface area contributed by atoms with E-state index in [0.717, 1.165) is 38.5 Å². The molecule has 0 aliphatic carbocycles. The van der Waals surface area contributed by atoms with Crippen LogP contribution in [-0.2, 0) is 4.74 Å². The maximum Gasteiger partial charge on any atom is 0.0484 e. The predicted molar refractivity (Wildman–Crippen MR) is 66.4 cm³/mol. The van der Waals surface area contributed by atoms with Crippen LogP contribution in [0.5, 0.6) is 0 Å². The summed E-state index contributed by atoms with van der Waals surface area (Å²) in [5.74, 6) is 0.897. The van der Waals surface area contributed by atoms with Gasteiger partial charge in [-0.25, -0.2) is 0 Å². The Hall–Kier alpha value is -0.120. The molecule has 0 bridgehead atoms. The van der Waals surface area contributed by atoms with Crippen molar-refractivity contribution >= 4 is 0 Å². The van der Waals surface area contributed by atoms with Crippen LogP contribution in [0.25, 0.3) is 0 Å². The molecule has 2 saturated heterocycles. The topological polar surface area (TPSA) is 38.5 Å². The van der Waals surface area contributed by atoms with E-state index in [1.165, 1.54) is 32.4 Å². The van der Waals surface area contributed by atoms with Gasteiger partial charge in [-0.1, -0.05) is 6.92 Å². The molecule has 1 unspecified atom stereocenters. The van der Waals surface area contributed by atoms with Crippen molar-refractivity contribution in [3.05, 3.63) is 0 Å². The number of hydrogen-bond acceptors (Lipinski definition) is 3. The summed E-state index contributed by atoms with van der Waals surface area (Å²) in [6.45, 7) is 7.62. The number of nitrogens with two attached hydrogens (primary N) is 1. The van der Waals surface area contributed by atoms with Crippen molar-refractivity contribution in [2.24, 2.45) is 11.7 Å². The molecule has 0 aromatic rings. The first kappa shape index (κ1) is 12.3. The lowest BCUT2D eigenvalue weighted by Crippen LogP contribution is -2.53. The maximum absolute atomic E-state index is 6.45. The van der Waals surface area contributed by atoms with Gasteiger partial charge in [0, 0.05) is 25.3 Å². The van der Waals surface area contributed by atoms with Gasteiger partial charge in [0.15, 0.2) is 0 Å². The van der Waals surface area contributed by atoms with Gasteiger partial charge in [0.25, 0.3) is 0 Å². The summed E-state index contributed by atoms with van der Waals surface area (Å²) in [6.07, 6.45) is 6.12. The molecule has 2 N–H and O–H groups in total. The minimum Gasteiger partial charge on any atom is -0.381 e. The highest BCUT2D eigenvalue weighted by Crippen LogP contribution is 2.22. The molecule has 16 heavy (non-hydrogen) atoms. The zero-order chi connectivity index (χ0) is 11.4. The van der Waals surface area contributed by atoms with E-state index in [1.807, 2.05) is 0 Å². The highest BCUT2D eigenvalue weighted by Gasteiger charge is 2.30. The second-order valence-electron chi connectivity index (χ2n) is 5.79. The lowest BCUT2D eigenvalue weighted by Gasteiger charge is -2.37. The summed E-state index contributed by atoms with van der Waals surface area (Å²) in [7, 11) is 0. The van der Waals surface area contributed by atoms with Crippen LogP contribution in [0.2, 0.25) is 0 Å². The Balaban J connectivity index is 1.83. The first-order chi connectivity index (χ1) is 7.68. The SMILES string of the molecule is CC1CCCN(CC2(N)CCOCC2)CC1. The number of rotatable bonds is 2. The third-order valence-electron chi connectivity index (χ3n) is 4.14. The van der Waals surface area contributed by atoms with Crippen molar-refractivity contribution in [3.8, 4) is 0 Å². The average molecular weight is 226 g/mol. The van der Waals surface area contributed by atoms with E-state index in [4.69, 9.17) is 10.5 Å². The monoisotopic (exact) mass is 226 g/mol. The summed E-state index contributed by atoms with van der Waals surface area (Å²) in [5, 5.41) is 0. The lowest BCUT2D eigenvalue weighted by molar-refractivity contribution is 0.0380. The van der Waals surface area contributed by atoms with Crippen LogP contribution >= 0.6 is 0 Å². The molecule has 2 fully saturated rings. The Labute approximate surface area is 99.3 Å². The van der Waals surface area contributed by atoms with Crippen molar-refractivity contribution in [3.63, 3.8) is 0 Å². The van der Waals surface area contributed by atoms with Crippen molar-refractivity contribution in [2.45, 2.75) is 44.6 Å². The lowest BCUT2D eigenvalue weighted by atomic mass is 9.90. The molecule has 3 heteroatoms. The Morgan fingerprint density at radius 1 is 1.25 bits per heavy atom. The molecule has 0 aromatic heterocycles. The summed E-state index contributed by atoms with van der Waals surface area (Å²) in [6, 6.07) is 0. The number of nitrogens with zero attached hydrogens (tertiary/aromatic N) is 1. The van der Waals surface area contributed by atoms with Crippen LogP contribution in [0.4, 0.5) is 0 Å². The van der Waals surface area contributed by atoms with Gasteiger partial charge in [-0.15, -0.1) is 0 Å². The molecule has 1 atom stereocenters. The molecular formula is C13H26N2O. The Morgan fingerprint density at radius 2 is 2.00 bits per heavy atom. The zero-order valence-electron chi connectivity index (χ0n) is 10.6. The van der Waals surface area contributed by atoms with E-state index in [9.17, 15) is 0 Å². The molecule has 2 aliphatic heterocycles. The fourth-order valence-electron chi connectivity index (χ4n) is 2.86. The molecule has 3 nitrogen and oxygen atoms in total. The average Bonchev–Trinajstić information content (AvgIpc) is 2.44. The first-order valence-corrected chi connectivity index (χ1v) is 6.77. The van der Waals surface area contributed by atoms with Gasteiger partial charge < -0.3 is 15.4 Å². The Morgan fingerprint density at radius 3 is 2.75 bits per heavy atom. The summed E-state index contributed by atoms with van der Waals surface area (Å²) >= 11 is 0. The second kappa shape index (κ2) is 5.48. The van der Waals surface area contributed by atoms with Gasteiger partial charge in [0.05, 0.1) is 0 Å². The van der Waals surface area contributed by atoms with Crippen molar-refractivity contribution in [1.82, 2.24) is 4.90 Å². The minimum absolute atomic E-state index is 0.0197. The first-order valence-electron chi connectivity index (χ1n) is 6.77. The largest absolute Gasteiger partial charge is 0.381 e. The quantitative estimate of drug-likeness (QED) is 0.777. The van der Waals surface area contributed by atoms with Crippen LogP contribution in [0.15, 0.2) is 0 Å². The third-order valence-corrected chi connectivity index (χ3v) is 4.14.